The second kappa shape index (κ2) is 10.8. The highest BCUT2D eigenvalue weighted by atomic mass is 35.5. The van der Waals surface area contributed by atoms with E-state index < -0.39 is 17.9 Å². The Hall–Kier alpha value is -4.13. The first-order chi connectivity index (χ1) is 19.4. The van der Waals surface area contributed by atoms with Crippen LogP contribution in [0.15, 0.2) is 108 Å². The van der Waals surface area contributed by atoms with Crippen LogP contribution in [0.25, 0.3) is 0 Å². The van der Waals surface area contributed by atoms with Gasteiger partial charge in [0.05, 0.1) is 27.5 Å². The van der Waals surface area contributed by atoms with Crippen molar-refractivity contribution in [3.63, 3.8) is 0 Å². The van der Waals surface area contributed by atoms with Gasteiger partial charge in [-0.15, -0.1) is 0 Å². The Morgan fingerprint density at radius 3 is 2.38 bits per heavy atom. The summed E-state index contributed by atoms with van der Waals surface area (Å²) in [5.41, 5.74) is 4.36. The zero-order chi connectivity index (χ0) is 27.8. The molecular weight excluding hydrogens is 548 g/mol. The van der Waals surface area contributed by atoms with Gasteiger partial charge in [0.2, 0.25) is 0 Å². The summed E-state index contributed by atoms with van der Waals surface area (Å²) in [7, 11) is 0. The second-order valence-corrected chi connectivity index (χ2v) is 10.7. The minimum absolute atomic E-state index is 0.0307. The maximum Gasteiger partial charge on any atom is 0.327 e. The van der Waals surface area contributed by atoms with Gasteiger partial charge in [0.25, 0.3) is 0 Å². The number of urea groups is 1. The summed E-state index contributed by atoms with van der Waals surface area (Å²) in [5.74, 6) is -0.589. The van der Waals surface area contributed by atoms with E-state index in [4.69, 9.17) is 23.2 Å². The number of anilines is 3. The quantitative estimate of drug-likeness (QED) is 0.258. The van der Waals surface area contributed by atoms with Crippen molar-refractivity contribution in [1.29, 1.82) is 0 Å². The van der Waals surface area contributed by atoms with E-state index in [1.807, 2.05) is 48.5 Å². The van der Waals surface area contributed by atoms with Crippen LogP contribution in [0.3, 0.4) is 0 Å². The molecule has 1 aliphatic carbocycles. The van der Waals surface area contributed by atoms with E-state index in [-0.39, 0.29) is 18.1 Å². The molecule has 0 fully saturated rings. The Labute approximate surface area is 241 Å². The summed E-state index contributed by atoms with van der Waals surface area (Å²) in [6.07, 6.45) is 0.836. The third-order valence-electron chi connectivity index (χ3n) is 7.31. The summed E-state index contributed by atoms with van der Waals surface area (Å²) >= 11 is 12.3. The number of carbonyl (C=O) groups excluding carboxylic acids is 2. The molecule has 2 atom stereocenters. The lowest BCUT2D eigenvalue weighted by Gasteiger charge is -2.35. The minimum Gasteiger partial charge on any atom is -0.357 e. The minimum atomic E-state index is -0.881. The molecule has 40 heavy (non-hydrogen) atoms. The number of amides is 2. The highest BCUT2D eigenvalue weighted by Gasteiger charge is 2.41. The van der Waals surface area contributed by atoms with E-state index in [0.717, 1.165) is 11.3 Å². The third kappa shape index (κ3) is 4.96. The molecule has 200 valence electrons. The van der Waals surface area contributed by atoms with Gasteiger partial charge in [0.15, 0.2) is 5.78 Å². The molecule has 6 rings (SSSR count). The van der Waals surface area contributed by atoms with Crippen LogP contribution < -0.4 is 15.5 Å². The van der Waals surface area contributed by atoms with Crippen LogP contribution in [-0.4, -0.2) is 11.8 Å². The third-order valence-corrected chi connectivity index (χ3v) is 8.05. The van der Waals surface area contributed by atoms with Gasteiger partial charge in [-0.3, -0.25) is 9.69 Å². The van der Waals surface area contributed by atoms with Crippen molar-refractivity contribution in [3.05, 3.63) is 135 Å². The number of halogens is 3. The first kappa shape index (κ1) is 26.1. The summed E-state index contributed by atoms with van der Waals surface area (Å²) in [4.78, 5) is 29.6. The number of fused-ring (bicyclic) bond motifs is 1. The number of rotatable bonds is 3. The van der Waals surface area contributed by atoms with Crippen LogP contribution in [0.1, 0.15) is 35.9 Å². The van der Waals surface area contributed by atoms with Gasteiger partial charge in [-0.25, -0.2) is 9.18 Å². The fourth-order valence-corrected chi connectivity index (χ4v) is 5.82. The molecular formula is C32H24Cl2FN3O2. The topological polar surface area (TPSA) is 61.4 Å². The molecule has 1 heterocycles. The van der Waals surface area contributed by atoms with Gasteiger partial charge in [-0.05, 0) is 65.9 Å². The zero-order valence-electron chi connectivity index (χ0n) is 21.2. The highest BCUT2D eigenvalue weighted by Crippen LogP contribution is 2.47. The number of allylic oxidation sites excluding steroid dienone is 1. The van der Waals surface area contributed by atoms with Gasteiger partial charge >= 0.3 is 6.03 Å². The van der Waals surface area contributed by atoms with Crippen molar-refractivity contribution in [2.24, 2.45) is 0 Å². The number of benzene rings is 4. The maximum atomic E-state index is 14.6. The van der Waals surface area contributed by atoms with E-state index in [1.54, 1.807) is 36.4 Å². The Kier molecular flexibility index (Phi) is 7.05. The molecule has 4 aromatic rings. The van der Waals surface area contributed by atoms with Crippen molar-refractivity contribution < 1.29 is 14.0 Å². The predicted molar refractivity (Wildman–Crippen MR) is 158 cm³/mol. The average Bonchev–Trinajstić information content (AvgIpc) is 3.10. The van der Waals surface area contributed by atoms with Crippen molar-refractivity contribution in [1.82, 2.24) is 0 Å². The van der Waals surface area contributed by atoms with Gasteiger partial charge in [-0.2, -0.15) is 0 Å². The van der Waals surface area contributed by atoms with Crippen LogP contribution in [0.5, 0.6) is 0 Å². The Morgan fingerprint density at radius 1 is 0.850 bits per heavy atom. The van der Waals surface area contributed by atoms with Gasteiger partial charge in [0, 0.05) is 23.4 Å². The fourth-order valence-electron chi connectivity index (χ4n) is 5.52. The number of nitrogens with zero attached hydrogens (tertiary/aromatic N) is 1. The maximum absolute atomic E-state index is 14.6. The van der Waals surface area contributed by atoms with Crippen LogP contribution in [0, 0.1) is 5.82 Å². The summed E-state index contributed by atoms with van der Waals surface area (Å²) in [6, 6.07) is 26.7. The Balaban J connectivity index is 1.51. The molecule has 2 aliphatic rings. The van der Waals surface area contributed by atoms with E-state index >= 15 is 0 Å². The molecule has 0 bridgehead atoms. The molecule has 0 spiro atoms. The molecule has 8 heteroatoms. The zero-order valence-corrected chi connectivity index (χ0v) is 22.7. The number of Topliss-reactive ketones (excluding diaryl/α,β-unsaturated/α-hetero) is 1. The van der Waals surface area contributed by atoms with Crippen molar-refractivity contribution in [2.45, 2.75) is 24.8 Å². The largest absolute Gasteiger partial charge is 0.357 e. The number of carbonyl (C=O) groups is 2. The van der Waals surface area contributed by atoms with Gasteiger partial charge in [-0.1, -0.05) is 77.8 Å². The Morgan fingerprint density at radius 2 is 1.60 bits per heavy atom. The van der Waals surface area contributed by atoms with Crippen LogP contribution in [0.4, 0.5) is 26.2 Å². The van der Waals surface area contributed by atoms with Gasteiger partial charge < -0.3 is 10.6 Å². The van der Waals surface area contributed by atoms with Gasteiger partial charge in [0.1, 0.15) is 5.82 Å². The molecule has 0 saturated heterocycles. The molecule has 2 N–H and O–H groups in total. The average molecular weight is 572 g/mol. The number of ketones is 1. The van der Waals surface area contributed by atoms with Crippen LogP contribution in [-0.2, 0) is 4.79 Å². The molecule has 2 amide bonds. The lowest BCUT2D eigenvalue weighted by atomic mass is 9.78. The highest BCUT2D eigenvalue weighted by molar-refractivity contribution is 6.42. The molecule has 0 unspecified atom stereocenters. The lowest BCUT2D eigenvalue weighted by molar-refractivity contribution is -0.116. The predicted octanol–water partition coefficient (Wildman–Crippen LogP) is 8.74. The molecule has 5 nitrogen and oxygen atoms in total. The number of para-hydroxylation sites is 2. The van der Waals surface area contributed by atoms with Crippen molar-refractivity contribution >= 4 is 52.1 Å². The smallest absolute Gasteiger partial charge is 0.327 e. The van der Waals surface area contributed by atoms with E-state index in [0.29, 0.717) is 44.7 Å². The van der Waals surface area contributed by atoms with E-state index in [2.05, 4.69) is 10.6 Å². The normalized spacial score (nSPS) is 18.4. The number of hydrogen-bond acceptors (Lipinski definition) is 3. The first-order valence-electron chi connectivity index (χ1n) is 12.9. The fraction of sp³-hybridized carbons (Fsp3) is 0.125. The van der Waals surface area contributed by atoms with Crippen molar-refractivity contribution in [2.75, 3.05) is 15.5 Å². The summed E-state index contributed by atoms with van der Waals surface area (Å²) in [6.45, 7) is 0. The monoisotopic (exact) mass is 571 g/mol. The molecule has 1 aliphatic heterocycles. The molecule has 0 aromatic heterocycles. The SMILES string of the molecule is O=C1C[C@H](c2ccccc2)CC2=C1[C@@H](c1cccc(F)c1)N(C(=O)Nc1ccc(Cl)c(Cl)c1)c1ccccc1N2. The first-order valence-corrected chi connectivity index (χ1v) is 13.6. The van der Waals surface area contributed by atoms with Crippen LogP contribution in [0.2, 0.25) is 10.0 Å². The number of nitrogens with one attached hydrogen (secondary N) is 2. The Bertz CT molecular complexity index is 1660. The summed E-state index contributed by atoms with van der Waals surface area (Å²) < 4.78 is 14.6. The molecule has 0 radical (unpaired) electrons. The standard InChI is InChI=1S/C32H24Cl2FN3O2/c33-24-14-13-23(18-25(24)34)36-32(40)38-28-12-5-4-11-26(28)37-27-16-21(19-7-2-1-3-8-19)17-29(39)30(27)31(38)20-9-6-10-22(35)15-20/h1-15,18,21,31,37H,16-17H2,(H,36,40)/t21-,31-/m1/s1. The lowest BCUT2D eigenvalue weighted by Crippen LogP contribution is -2.41. The van der Waals surface area contributed by atoms with Crippen molar-refractivity contribution in [3.8, 4) is 0 Å². The number of hydrogen-bond donors (Lipinski definition) is 2. The van der Waals surface area contributed by atoms with E-state index in [1.165, 1.54) is 17.0 Å². The molecule has 4 aromatic carbocycles. The van der Waals surface area contributed by atoms with Crippen LogP contribution >= 0.6 is 23.2 Å². The second-order valence-electron chi connectivity index (χ2n) is 9.86. The van der Waals surface area contributed by atoms with E-state index in [9.17, 15) is 14.0 Å². The summed E-state index contributed by atoms with van der Waals surface area (Å²) in [5, 5.41) is 7.02. The molecule has 0 saturated carbocycles.